The molecule has 8 heteroatoms. The van der Waals surface area contributed by atoms with Gasteiger partial charge in [0, 0.05) is 13.8 Å². The lowest BCUT2D eigenvalue weighted by Gasteiger charge is -2.29. The molecule has 1 aliphatic rings. The highest BCUT2D eigenvalue weighted by Crippen LogP contribution is 2.22. The van der Waals surface area contributed by atoms with Gasteiger partial charge in [0.15, 0.2) is 10.7 Å². The highest BCUT2D eigenvalue weighted by atomic mass is 32.2. The van der Waals surface area contributed by atoms with Gasteiger partial charge in [-0.25, -0.2) is 14.6 Å². The first kappa shape index (κ1) is 17.7. The second-order valence-electron chi connectivity index (χ2n) is 5.14. The number of nitrogens with one attached hydrogen (secondary N) is 1. The Morgan fingerprint density at radius 1 is 1.17 bits per heavy atom. The van der Waals surface area contributed by atoms with E-state index in [-0.39, 0.29) is 5.57 Å². The highest BCUT2D eigenvalue weighted by molar-refractivity contribution is 8.13. The van der Waals surface area contributed by atoms with E-state index in [1.54, 1.807) is 12.5 Å². The average Bonchev–Trinajstić information content (AvgIpc) is 2.52. The van der Waals surface area contributed by atoms with Gasteiger partial charge in [-0.1, -0.05) is 42.1 Å². The number of carbonyl (C=O) groups is 2. The van der Waals surface area contributed by atoms with E-state index >= 15 is 0 Å². The molecule has 0 spiro atoms. The molecule has 0 atom stereocenters. The van der Waals surface area contributed by atoms with Crippen molar-refractivity contribution < 1.29 is 19.1 Å². The smallest absolute Gasteiger partial charge is 0.350 e. The molecule has 1 heterocycles. The quantitative estimate of drug-likeness (QED) is 0.225. The second kappa shape index (κ2) is 7.78. The van der Waals surface area contributed by atoms with Crippen molar-refractivity contribution in [2.45, 2.75) is 19.6 Å². The van der Waals surface area contributed by atoms with Crippen LogP contribution in [0, 0.1) is 0 Å². The van der Waals surface area contributed by atoms with Crippen LogP contribution in [-0.4, -0.2) is 35.4 Å². The van der Waals surface area contributed by atoms with Gasteiger partial charge in [0.1, 0.15) is 0 Å². The van der Waals surface area contributed by atoms with Crippen molar-refractivity contribution in [2.24, 2.45) is 10.1 Å². The van der Waals surface area contributed by atoms with Crippen LogP contribution in [0.15, 0.2) is 52.2 Å². The van der Waals surface area contributed by atoms with Crippen LogP contribution in [0.1, 0.15) is 19.4 Å². The van der Waals surface area contributed by atoms with Crippen LogP contribution >= 0.6 is 11.8 Å². The third kappa shape index (κ3) is 4.95. The maximum Gasteiger partial charge on any atom is 0.350 e. The Hall–Kier alpha value is -2.61. The van der Waals surface area contributed by atoms with Crippen LogP contribution in [-0.2, 0) is 19.1 Å². The molecule has 0 saturated carbocycles. The van der Waals surface area contributed by atoms with Crippen molar-refractivity contribution in [1.82, 2.24) is 5.43 Å². The molecule has 24 heavy (non-hydrogen) atoms. The van der Waals surface area contributed by atoms with Gasteiger partial charge in [-0.2, -0.15) is 5.10 Å². The van der Waals surface area contributed by atoms with E-state index in [0.29, 0.717) is 5.17 Å². The maximum absolute atomic E-state index is 11.8. The van der Waals surface area contributed by atoms with Crippen molar-refractivity contribution in [3.05, 3.63) is 47.7 Å². The fourth-order valence-corrected chi connectivity index (χ4v) is 2.02. The summed E-state index contributed by atoms with van der Waals surface area (Å²) in [6, 6.07) is 9.52. The lowest BCUT2D eigenvalue weighted by atomic mass is 10.2. The summed E-state index contributed by atoms with van der Waals surface area (Å²) < 4.78 is 9.97. The molecular formula is C16H17N3O4S. The molecule has 0 aliphatic carbocycles. The minimum Gasteiger partial charge on any atom is -0.419 e. The van der Waals surface area contributed by atoms with Crippen LogP contribution in [0.2, 0.25) is 0 Å². The highest BCUT2D eigenvalue weighted by Gasteiger charge is 2.38. The summed E-state index contributed by atoms with van der Waals surface area (Å²) in [7, 11) is 0. The Morgan fingerprint density at radius 2 is 1.79 bits per heavy atom. The first-order chi connectivity index (χ1) is 11.4. The Balaban J connectivity index is 2.06. The summed E-state index contributed by atoms with van der Waals surface area (Å²) in [5.41, 5.74) is 3.39. The molecule has 0 amide bonds. The maximum atomic E-state index is 11.8. The lowest BCUT2D eigenvalue weighted by Crippen LogP contribution is -2.41. The Labute approximate surface area is 143 Å². The number of aliphatic imine (C=N–C) groups is 1. The van der Waals surface area contributed by atoms with E-state index in [0.717, 1.165) is 11.8 Å². The molecular weight excluding hydrogens is 330 g/mol. The molecule has 1 aromatic carbocycles. The summed E-state index contributed by atoms with van der Waals surface area (Å²) in [5.74, 6) is -2.81. The van der Waals surface area contributed by atoms with Gasteiger partial charge in [0.05, 0.1) is 12.4 Å². The molecule has 2 rings (SSSR count). The average molecular weight is 347 g/mol. The zero-order chi connectivity index (χ0) is 17.6. The number of amidine groups is 1. The summed E-state index contributed by atoms with van der Waals surface area (Å²) in [6.07, 6.45) is 4.52. The van der Waals surface area contributed by atoms with Crippen LogP contribution in [0.5, 0.6) is 0 Å². The molecule has 0 radical (unpaired) electrons. The molecule has 1 fully saturated rings. The zero-order valence-corrected chi connectivity index (χ0v) is 14.3. The molecule has 1 saturated heterocycles. The third-order valence-electron chi connectivity index (χ3n) is 2.79. The first-order valence-electron chi connectivity index (χ1n) is 7.04. The van der Waals surface area contributed by atoms with E-state index in [9.17, 15) is 9.59 Å². The van der Waals surface area contributed by atoms with Crippen LogP contribution in [0.3, 0.4) is 0 Å². The van der Waals surface area contributed by atoms with Crippen molar-refractivity contribution in [3.63, 3.8) is 0 Å². The SMILES string of the molecule is CSC(=NC=C1C(=O)OC(C)(C)OC1=O)N/N=C/c1ccccc1. The number of benzene rings is 1. The van der Waals surface area contributed by atoms with Crippen molar-refractivity contribution in [1.29, 1.82) is 0 Å². The van der Waals surface area contributed by atoms with Gasteiger partial charge < -0.3 is 9.47 Å². The zero-order valence-electron chi connectivity index (χ0n) is 13.5. The van der Waals surface area contributed by atoms with E-state index in [1.807, 2.05) is 30.3 Å². The van der Waals surface area contributed by atoms with Gasteiger partial charge >= 0.3 is 11.9 Å². The lowest BCUT2D eigenvalue weighted by molar-refractivity contribution is -0.222. The Kier molecular flexibility index (Phi) is 5.75. The van der Waals surface area contributed by atoms with Crippen molar-refractivity contribution in [3.8, 4) is 0 Å². The van der Waals surface area contributed by atoms with Gasteiger partial charge in [0.2, 0.25) is 0 Å². The van der Waals surface area contributed by atoms with Gasteiger partial charge in [-0.05, 0) is 11.8 Å². The minimum absolute atomic E-state index is 0.269. The summed E-state index contributed by atoms with van der Waals surface area (Å²) in [6.45, 7) is 2.96. The normalized spacial score (nSPS) is 17.5. The van der Waals surface area contributed by atoms with E-state index in [2.05, 4.69) is 15.5 Å². The molecule has 126 valence electrons. The molecule has 1 aromatic rings. The number of carbonyl (C=O) groups excluding carboxylic acids is 2. The molecule has 0 unspecified atom stereocenters. The van der Waals surface area contributed by atoms with E-state index in [1.165, 1.54) is 25.6 Å². The first-order valence-corrected chi connectivity index (χ1v) is 8.26. The standard InChI is InChI=1S/C16H17N3O4S/c1-16(2)22-13(20)12(14(21)23-16)10-17-15(24-3)19-18-9-11-7-5-4-6-8-11/h4-10H,1-3H3,(H,17,19)/b18-9+. The molecule has 1 N–H and O–H groups in total. The van der Waals surface area contributed by atoms with Crippen LogP contribution in [0.4, 0.5) is 0 Å². The number of cyclic esters (lactones) is 2. The van der Waals surface area contributed by atoms with E-state index < -0.39 is 17.7 Å². The number of hydrogen-bond acceptors (Lipinski definition) is 7. The third-order valence-corrected chi connectivity index (χ3v) is 3.38. The van der Waals surface area contributed by atoms with Crippen LogP contribution in [0.25, 0.3) is 0 Å². The summed E-state index contributed by atoms with van der Waals surface area (Å²) in [4.78, 5) is 27.6. The predicted molar refractivity (Wildman–Crippen MR) is 92.5 cm³/mol. The second-order valence-corrected chi connectivity index (χ2v) is 5.94. The summed E-state index contributed by atoms with van der Waals surface area (Å²) in [5, 5.41) is 4.45. The molecule has 1 aliphatic heterocycles. The monoisotopic (exact) mass is 347 g/mol. The van der Waals surface area contributed by atoms with Gasteiger partial charge in [0.25, 0.3) is 5.79 Å². The van der Waals surface area contributed by atoms with Crippen LogP contribution < -0.4 is 5.43 Å². The van der Waals surface area contributed by atoms with Crippen molar-refractivity contribution >= 4 is 35.1 Å². The summed E-state index contributed by atoms with van der Waals surface area (Å²) >= 11 is 1.27. The number of nitrogens with zero attached hydrogens (tertiary/aromatic N) is 2. The van der Waals surface area contributed by atoms with Crippen molar-refractivity contribution in [2.75, 3.05) is 6.26 Å². The molecule has 0 bridgehead atoms. The Morgan fingerprint density at radius 3 is 2.38 bits per heavy atom. The predicted octanol–water partition coefficient (Wildman–Crippen LogP) is 2.05. The molecule has 7 nitrogen and oxygen atoms in total. The largest absolute Gasteiger partial charge is 0.419 e. The topological polar surface area (TPSA) is 89.4 Å². The van der Waals surface area contributed by atoms with Gasteiger partial charge in [-0.15, -0.1) is 0 Å². The number of thioether (sulfide) groups is 1. The Bertz CT molecular complexity index is 689. The fourth-order valence-electron chi connectivity index (χ4n) is 1.72. The number of hydrazone groups is 1. The fraction of sp³-hybridized carbons (Fsp3) is 0.250. The van der Waals surface area contributed by atoms with E-state index in [4.69, 9.17) is 9.47 Å². The molecule has 0 aromatic heterocycles. The minimum atomic E-state index is -1.27. The number of rotatable bonds is 3. The number of ether oxygens (including phenoxy) is 2. The van der Waals surface area contributed by atoms with Gasteiger partial charge in [-0.3, -0.25) is 5.43 Å². The number of hydrogen-bond donors (Lipinski definition) is 1. The number of esters is 2.